The molecule has 4 unspecified atom stereocenters. The number of aliphatic hydroxyl groups excluding tert-OH is 6. The van der Waals surface area contributed by atoms with E-state index in [0.29, 0.717) is 0 Å². The first kappa shape index (κ1) is 35.9. The Bertz CT molecular complexity index is 1340. The molecule has 0 aliphatic carbocycles. The fourth-order valence-corrected chi connectivity index (χ4v) is 5.61. The van der Waals surface area contributed by atoms with Crippen molar-refractivity contribution in [2.75, 3.05) is 13.2 Å². The highest BCUT2D eigenvalue weighted by Crippen LogP contribution is 2.31. The molecular weight excluding hydrogens is 926 g/mol. The van der Waals surface area contributed by atoms with Crippen molar-refractivity contribution in [2.45, 2.75) is 67.6 Å². The fraction of sp³-hybridized carbons (Fsp3) is 0.636. The first-order chi connectivity index (χ1) is 19.7. The monoisotopic (exact) mass is 952 g/mol. The molecule has 16 nitrogen and oxygen atoms in total. The summed E-state index contributed by atoms with van der Waals surface area (Å²) in [5.41, 5.74) is -2.49. The highest BCUT2D eigenvalue weighted by atomic mass is 127. The quantitative estimate of drug-likeness (QED) is 0.114. The number of hydrogen-bond donors (Lipinski definition) is 8. The van der Waals surface area contributed by atoms with Gasteiger partial charge in [-0.25, -0.2) is 9.59 Å². The third-order valence-electron chi connectivity index (χ3n) is 6.48. The molecule has 0 bridgehead atoms. The Morgan fingerprint density at radius 3 is 1.60 bits per heavy atom. The van der Waals surface area contributed by atoms with Crippen LogP contribution in [0.1, 0.15) is 47.4 Å². The van der Waals surface area contributed by atoms with Crippen LogP contribution in [-0.2, 0) is 9.47 Å². The number of nitrogens with zero attached hydrogens (tertiary/aromatic N) is 2. The molecule has 20 heteroatoms. The van der Waals surface area contributed by atoms with Gasteiger partial charge in [-0.05, 0) is 22.6 Å². The maximum Gasteiger partial charge on any atom is 0.330 e. The number of aliphatic hydroxyl groups is 6. The summed E-state index contributed by atoms with van der Waals surface area (Å²) >= 11 is 9.97. The van der Waals surface area contributed by atoms with Crippen molar-refractivity contribution >= 4 is 77.0 Å². The second-order valence-corrected chi connectivity index (χ2v) is 15.6. The fourth-order valence-electron chi connectivity index (χ4n) is 4.22. The maximum atomic E-state index is 11.9. The van der Waals surface area contributed by atoms with Gasteiger partial charge in [0.05, 0.1) is 44.2 Å². The average molecular weight is 954 g/mol. The van der Waals surface area contributed by atoms with Gasteiger partial charge in [-0.15, -0.1) is 0 Å². The molecule has 42 heavy (non-hydrogen) atoms. The molecule has 2 saturated heterocycles. The van der Waals surface area contributed by atoms with E-state index in [-0.39, 0.29) is 37.2 Å². The number of aromatic amines is 2. The lowest BCUT2D eigenvalue weighted by Gasteiger charge is -2.17. The van der Waals surface area contributed by atoms with Crippen molar-refractivity contribution in [1.82, 2.24) is 19.1 Å². The standard InChI is InChI=1S/2C11H14BrIN2O6/c12-9(13)8(18)4-2-15(11(20)14-10(4)19)7-1-5(17)6(3-16)21-7;12-8(9(13)18)4-2-15(11(20)14-10(4)19)7-1-5(17)6(3-16)21-7/h2*2,5-9,16-18H,1,3H2,(H,14,19,20)/t2*5-,6+,7+,8?,9?/m00/s1. The Morgan fingerprint density at radius 1 is 0.833 bits per heavy atom. The molecule has 2 aromatic rings. The van der Waals surface area contributed by atoms with Crippen molar-refractivity contribution in [2.24, 2.45) is 0 Å². The summed E-state index contributed by atoms with van der Waals surface area (Å²) < 4.78 is 11.7. The van der Waals surface area contributed by atoms with E-state index < -0.39 is 77.2 Å². The van der Waals surface area contributed by atoms with Gasteiger partial charge in [0.1, 0.15) is 34.9 Å². The second-order valence-electron chi connectivity index (χ2n) is 9.29. The summed E-state index contributed by atoms with van der Waals surface area (Å²) in [5, 5.41) is 57.0. The van der Waals surface area contributed by atoms with Crippen LogP contribution in [-0.4, -0.2) is 94.3 Å². The number of aromatic nitrogens is 4. The molecule has 2 aliphatic heterocycles. The van der Waals surface area contributed by atoms with E-state index in [1.807, 2.05) is 22.6 Å². The van der Waals surface area contributed by atoms with Crippen LogP contribution in [0, 0.1) is 0 Å². The Kier molecular flexibility index (Phi) is 13.4. The van der Waals surface area contributed by atoms with Crippen LogP contribution in [0.4, 0.5) is 0 Å². The number of H-pyrrole nitrogens is 2. The first-order valence-electron chi connectivity index (χ1n) is 12.2. The van der Waals surface area contributed by atoms with Gasteiger partial charge >= 0.3 is 11.4 Å². The molecular formula is C22H28Br2I2N4O12. The van der Waals surface area contributed by atoms with E-state index in [9.17, 15) is 39.6 Å². The highest BCUT2D eigenvalue weighted by Gasteiger charge is 2.36. The Labute approximate surface area is 280 Å². The van der Waals surface area contributed by atoms with Crippen molar-refractivity contribution in [3.8, 4) is 0 Å². The largest absolute Gasteiger partial charge is 0.394 e. The van der Waals surface area contributed by atoms with Gasteiger partial charge in [0.25, 0.3) is 11.1 Å². The van der Waals surface area contributed by atoms with Crippen LogP contribution >= 0.6 is 77.0 Å². The molecule has 2 fully saturated rings. The van der Waals surface area contributed by atoms with Crippen LogP contribution in [0.3, 0.4) is 0 Å². The number of nitrogens with one attached hydrogen (secondary N) is 2. The summed E-state index contributed by atoms with van der Waals surface area (Å²) in [5.74, 6) is 0. The molecule has 0 spiro atoms. The van der Waals surface area contributed by atoms with E-state index in [1.165, 1.54) is 12.4 Å². The maximum absolute atomic E-state index is 11.9. The van der Waals surface area contributed by atoms with E-state index in [4.69, 9.17) is 19.7 Å². The summed E-state index contributed by atoms with van der Waals surface area (Å²) in [4.78, 5) is 50.9. The van der Waals surface area contributed by atoms with Crippen LogP contribution in [0.2, 0.25) is 0 Å². The summed E-state index contributed by atoms with van der Waals surface area (Å²) in [6.45, 7) is -0.737. The molecule has 0 amide bonds. The van der Waals surface area contributed by atoms with Gasteiger partial charge in [0.15, 0.2) is 0 Å². The van der Waals surface area contributed by atoms with Gasteiger partial charge in [0.2, 0.25) is 0 Å². The Hall–Kier alpha value is -0.540. The zero-order valence-corrected chi connectivity index (χ0v) is 28.8. The predicted molar refractivity (Wildman–Crippen MR) is 169 cm³/mol. The lowest BCUT2D eigenvalue weighted by molar-refractivity contribution is -0.0461. The SMILES string of the molecule is O=c1[nH]c(=O)n([C@H]2C[C@H](O)[C@@H](CO)O2)cc1C(Br)C(O)I.O=c1[nH]c(=O)n([C@H]2C[C@H](O)[C@@H](CO)O2)cc1C(O)C(Br)I. The Morgan fingerprint density at radius 2 is 1.24 bits per heavy atom. The molecule has 0 saturated carbocycles. The number of ether oxygens (including phenoxy) is 2. The number of hydrogen-bond acceptors (Lipinski definition) is 12. The van der Waals surface area contributed by atoms with Crippen molar-refractivity contribution in [3.05, 3.63) is 65.2 Å². The number of alkyl halides is 4. The summed E-state index contributed by atoms with van der Waals surface area (Å²) in [6.07, 6.45) is -3.32. The van der Waals surface area contributed by atoms with Crippen molar-refractivity contribution in [1.29, 1.82) is 0 Å². The van der Waals surface area contributed by atoms with E-state index in [1.54, 1.807) is 22.6 Å². The van der Waals surface area contributed by atoms with Crippen LogP contribution in [0.5, 0.6) is 0 Å². The second kappa shape index (κ2) is 15.6. The van der Waals surface area contributed by atoms with Crippen LogP contribution in [0.25, 0.3) is 0 Å². The topological polar surface area (TPSA) is 250 Å². The first-order valence-corrected chi connectivity index (χ1v) is 16.5. The smallest absolute Gasteiger partial charge is 0.330 e. The zero-order chi connectivity index (χ0) is 31.5. The van der Waals surface area contributed by atoms with Crippen molar-refractivity contribution < 1.29 is 40.1 Å². The van der Waals surface area contributed by atoms with Gasteiger partial charge in [-0.2, -0.15) is 0 Å². The van der Waals surface area contributed by atoms with Gasteiger partial charge in [0, 0.05) is 25.2 Å². The lowest BCUT2D eigenvalue weighted by atomic mass is 10.2. The third-order valence-corrected chi connectivity index (χ3v) is 10.4. The van der Waals surface area contributed by atoms with E-state index >= 15 is 0 Å². The van der Waals surface area contributed by atoms with Crippen LogP contribution in [0.15, 0.2) is 31.6 Å². The Balaban J connectivity index is 0.000000230. The summed E-state index contributed by atoms with van der Waals surface area (Å²) in [7, 11) is 0. The van der Waals surface area contributed by atoms with Gasteiger partial charge < -0.3 is 40.1 Å². The average Bonchev–Trinajstić information content (AvgIpc) is 3.49. The molecule has 2 aromatic heterocycles. The molecule has 0 radical (unpaired) electrons. The van der Waals surface area contributed by atoms with Gasteiger partial charge in [-0.3, -0.25) is 28.7 Å². The normalized spacial score (nSPS) is 28.5. The zero-order valence-electron chi connectivity index (χ0n) is 21.3. The highest BCUT2D eigenvalue weighted by molar-refractivity contribution is 14.1. The molecule has 0 aromatic carbocycles. The molecule has 4 heterocycles. The minimum atomic E-state index is -1.11. The summed E-state index contributed by atoms with van der Waals surface area (Å²) in [6, 6.07) is 0. The van der Waals surface area contributed by atoms with E-state index in [0.717, 1.165) is 9.13 Å². The molecule has 8 N–H and O–H groups in total. The molecule has 4 rings (SSSR count). The third kappa shape index (κ3) is 8.38. The van der Waals surface area contributed by atoms with E-state index in [2.05, 4.69) is 41.8 Å². The number of rotatable bonds is 8. The molecule has 10 atom stereocenters. The van der Waals surface area contributed by atoms with Crippen LogP contribution < -0.4 is 22.5 Å². The molecule has 2 aliphatic rings. The minimum absolute atomic E-state index is 0.0106. The predicted octanol–water partition coefficient (Wildman–Crippen LogP) is -1.27. The number of halogens is 4. The molecule has 236 valence electrons. The van der Waals surface area contributed by atoms with Crippen molar-refractivity contribution in [3.63, 3.8) is 0 Å². The lowest BCUT2D eigenvalue weighted by Crippen LogP contribution is -2.35. The van der Waals surface area contributed by atoms with Gasteiger partial charge in [-0.1, -0.05) is 54.5 Å². The minimum Gasteiger partial charge on any atom is -0.394 e.